The maximum atomic E-state index is 12.4. The van der Waals surface area contributed by atoms with Crippen molar-refractivity contribution in [3.63, 3.8) is 0 Å². The SMILES string of the molecule is Cc1ccc(S(C)(=O)=O)cc1C(=O)O[C@@H](C)C(=O)Nc1c(C)cccc1C. The number of carbonyl (C=O) groups excluding carboxylic acids is 2. The third-order valence-electron chi connectivity index (χ3n) is 4.24. The lowest BCUT2D eigenvalue weighted by atomic mass is 10.1. The first-order chi connectivity index (χ1) is 12.5. The number of nitrogens with one attached hydrogen (secondary N) is 1. The molecule has 0 aliphatic heterocycles. The molecule has 2 aromatic carbocycles. The van der Waals surface area contributed by atoms with Crippen LogP contribution in [0.4, 0.5) is 5.69 Å². The fourth-order valence-corrected chi connectivity index (χ4v) is 3.21. The van der Waals surface area contributed by atoms with E-state index in [0.29, 0.717) is 11.3 Å². The average molecular weight is 389 g/mol. The minimum Gasteiger partial charge on any atom is -0.449 e. The molecule has 144 valence electrons. The summed E-state index contributed by atoms with van der Waals surface area (Å²) in [4.78, 5) is 24.9. The average Bonchev–Trinajstić information content (AvgIpc) is 2.57. The summed E-state index contributed by atoms with van der Waals surface area (Å²) in [6.07, 6.45) is 0.0192. The Kier molecular flexibility index (Phi) is 6.05. The van der Waals surface area contributed by atoms with E-state index in [4.69, 9.17) is 4.74 Å². The van der Waals surface area contributed by atoms with Crippen molar-refractivity contribution in [2.45, 2.75) is 38.7 Å². The van der Waals surface area contributed by atoms with E-state index in [1.54, 1.807) is 6.92 Å². The number of sulfone groups is 1. The van der Waals surface area contributed by atoms with E-state index in [9.17, 15) is 18.0 Å². The second-order valence-electron chi connectivity index (χ2n) is 6.55. The van der Waals surface area contributed by atoms with Gasteiger partial charge in [0.15, 0.2) is 15.9 Å². The summed E-state index contributed by atoms with van der Waals surface area (Å²) in [5, 5.41) is 2.77. The lowest BCUT2D eigenvalue weighted by Crippen LogP contribution is -2.30. The van der Waals surface area contributed by atoms with Gasteiger partial charge in [-0.05, 0) is 56.5 Å². The number of rotatable bonds is 5. The number of amides is 1. The second-order valence-corrected chi connectivity index (χ2v) is 8.57. The highest BCUT2D eigenvalue weighted by Crippen LogP contribution is 2.21. The summed E-state index contributed by atoms with van der Waals surface area (Å²) in [7, 11) is -3.46. The Bertz CT molecular complexity index is 975. The van der Waals surface area contributed by atoms with Gasteiger partial charge in [-0.25, -0.2) is 13.2 Å². The molecule has 0 bridgehead atoms. The van der Waals surface area contributed by atoms with Crippen LogP contribution >= 0.6 is 0 Å². The van der Waals surface area contributed by atoms with Crippen molar-refractivity contribution in [3.8, 4) is 0 Å². The Morgan fingerprint density at radius 2 is 1.59 bits per heavy atom. The molecule has 2 aromatic rings. The maximum Gasteiger partial charge on any atom is 0.339 e. The molecule has 0 aromatic heterocycles. The summed E-state index contributed by atoms with van der Waals surface area (Å²) < 4.78 is 28.7. The van der Waals surface area contributed by atoms with Crippen molar-refractivity contribution >= 4 is 27.4 Å². The third-order valence-corrected chi connectivity index (χ3v) is 5.35. The zero-order valence-corrected chi connectivity index (χ0v) is 16.8. The molecule has 0 saturated carbocycles. The molecule has 7 heteroatoms. The Balaban J connectivity index is 2.17. The molecule has 0 aliphatic carbocycles. The van der Waals surface area contributed by atoms with Crippen LogP contribution in [0.15, 0.2) is 41.3 Å². The van der Waals surface area contributed by atoms with Crippen molar-refractivity contribution in [1.29, 1.82) is 0 Å². The lowest BCUT2D eigenvalue weighted by Gasteiger charge is -2.17. The fraction of sp³-hybridized carbons (Fsp3) is 0.300. The molecule has 1 atom stereocenters. The minimum atomic E-state index is -3.46. The third kappa shape index (κ3) is 4.95. The normalized spacial score (nSPS) is 12.3. The Labute approximate surface area is 159 Å². The molecule has 1 amide bonds. The summed E-state index contributed by atoms with van der Waals surface area (Å²) in [6, 6.07) is 9.87. The van der Waals surface area contributed by atoms with Gasteiger partial charge in [0, 0.05) is 11.9 Å². The predicted molar refractivity (Wildman–Crippen MR) is 104 cm³/mol. The smallest absolute Gasteiger partial charge is 0.339 e. The van der Waals surface area contributed by atoms with Gasteiger partial charge >= 0.3 is 5.97 Å². The van der Waals surface area contributed by atoms with Gasteiger partial charge in [-0.15, -0.1) is 0 Å². The Morgan fingerprint density at radius 3 is 2.15 bits per heavy atom. The largest absolute Gasteiger partial charge is 0.449 e. The number of carbonyl (C=O) groups is 2. The minimum absolute atomic E-state index is 0.0210. The van der Waals surface area contributed by atoms with Crippen molar-refractivity contribution in [2.24, 2.45) is 0 Å². The predicted octanol–water partition coefficient (Wildman–Crippen LogP) is 3.20. The van der Waals surface area contributed by atoms with Gasteiger partial charge in [0.05, 0.1) is 10.5 Å². The van der Waals surface area contributed by atoms with Crippen LogP contribution in [0.3, 0.4) is 0 Å². The van der Waals surface area contributed by atoms with Gasteiger partial charge in [-0.1, -0.05) is 24.3 Å². The van der Waals surface area contributed by atoms with E-state index in [1.165, 1.54) is 25.1 Å². The van der Waals surface area contributed by atoms with Crippen LogP contribution in [0, 0.1) is 20.8 Å². The topological polar surface area (TPSA) is 89.5 Å². The first kappa shape index (κ1) is 20.6. The summed E-state index contributed by atoms with van der Waals surface area (Å²) >= 11 is 0. The molecule has 0 spiro atoms. The molecule has 27 heavy (non-hydrogen) atoms. The van der Waals surface area contributed by atoms with Gasteiger partial charge in [-0.3, -0.25) is 4.79 Å². The zero-order valence-electron chi connectivity index (χ0n) is 16.0. The van der Waals surface area contributed by atoms with E-state index >= 15 is 0 Å². The number of ether oxygens (including phenoxy) is 1. The van der Waals surface area contributed by atoms with E-state index in [-0.39, 0.29) is 10.5 Å². The number of para-hydroxylation sites is 1. The molecule has 0 heterocycles. The molecule has 0 aliphatic rings. The first-order valence-electron chi connectivity index (χ1n) is 8.39. The van der Waals surface area contributed by atoms with Crippen LogP contribution in [0.2, 0.25) is 0 Å². The monoisotopic (exact) mass is 389 g/mol. The fourth-order valence-electron chi connectivity index (χ4n) is 2.57. The number of hydrogen-bond acceptors (Lipinski definition) is 5. The van der Waals surface area contributed by atoms with E-state index in [1.807, 2.05) is 32.0 Å². The zero-order chi connectivity index (χ0) is 20.4. The summed E-state index contributed by atoms with van der Waals surface area (Å²) in [5.41, 5.74) is 3.16. The van der Waals surface area contributed by atoms with Gasteiger partial charge < -0.3 is 10.1 Å². The van der Waals surface area contributed by atoms with Crippen molar-refractivity contribution in [1.82, 2.24) is 0 Å². The molecule has 0 saturated heterocycles. The van der Waals surface area contributed by atoms with Crippen molar-refractivity contribution in [3.05, 3.63) is 58.7 Å². The van der Waals surface area contributed by atoms with E-state index in [2.05, 4.69) is 5.32 Å². The number of hydrogen-bond donors (Lipinski definition) is 1. The van der Waals surface area contributed by atoms with Crippen molar-refractivity contribution < 1.29 is 22.7 Å². The molecule has 0 unspecified atom stereocenters. The van der Waals surface area contributed by atoms with Gasteiger partial charge in [0.25, 0.3) is 5.91 Å². The van der Waals surface area contributed by atoms with Gasteiger partial charge in [-0.2, -0.15) is 0 Å². The van der Waals surface area contributed by atoms with Crippen LogP contribution in [0.25, 0.3) is 0 Å². The second kappa shape index (κ2) is 7.92. The van der Waals surface area contributed by atoms with Gasteiger partial charge in [0.1, 0.15) is 0 Å². The van der Waals surface area contributed by atoms with Crippen LogP contribution in [0.1, 0.15) is 34.0 Å². The number of esters is 1. The van der Waals surface area contributed by atoms with E-state index in [0.717, 1.165) is 17.4 Å². The molecule has 6 nitrogen and oxygen atoms in total. The van der Waals surface area contributed by atoms with Crippen molar-refractivity contribution in [2.75, 3.05) is 11.6 Å². The highest BCUT2D eigenvalue weighted by atomic mass is 32.2. The van der Waals surface area contributed by atoms with Crippen LogP contribution in [0.5, 0.6) is 0 Å². The maximum absolute atomic E-state index is 12.4. The first-order valence-corrected chi connectivity index (χ1v) is 10.3. The van der Waals surface area contributed by atoms with Crippen LogP contribution in [-0.2, 0) is 19.4 Å². The summed E-state index contributed by atoms with van der Waals surface area (Å²) in [5.74, 6) is -1.21. The Morgan fingerprint density at radius 1 is 1.00 bits per heavy atom. The molecule has 0 radical (unpaired) electrons. The molecular formula is C20H23NO5S. The lowest BCUT2D eigenvalue weighted by molar-refractivity contribution is -0.123. The summed E-state index contributed by atoms with van der Waals surface area (Å²) in [6.45, 7) is 6.89. The Hall–Kier alpha value is -2.67. The number of aryl methyl sites for hydroxylation is 3. The number of benzene rings is 2. The van der Waals surface area contributed by atoms with Crippen LogP contribution in [-0.4, -0.2) is 32.7 Å². The highest BCUT2D eigenvalue weighted by Gasteiger charge is 2.22. The van der Waals surface area contributed by atoms with Crippen LogP contribution < -0.4 is 5.32 Å². The van der Waals surface area contributed by atoms with Gasteiger partial charge in [0.2, 0.25) is 0 Å². The quantitative estimate of drug-likeness (QED) is 0.793. The highest BCUT2D eigenvalue weighted by molar-refractivity contribution is 7.90. The molecule has 1 N–H and O–H groups in total. The molecule has 0 fully saturated rings. The van der Waals surface area contributed by atoms with E-state index < -0.39 is 27.8 Å². The standard InChI is InChI=1S/C20H23NO5S/c1-12-9-10-16(27(5,24)25)11-17(12)20(23)26-15(4)19(22)21-18-13(2)7-6-8-14(18)3/h6-11,15H,1-5H3,(H,21,22)/t15-/m0/s1. The number of anilines is 1. The molecule has 2 rings (SSSR count). The molecular weight excluding hydrogens is 366 g/mol.